The van der Waals surface area contributed by atoms with Crippen LogP contribution in [0.1, 0.15) is 6.42 Å². The van der Waals surface area contributed by atoms with Crippen LogP contribution in [0.2, 0.25) is 0 Å². The summed E-state index contributed by atoms with van der Waals surface area (Å²) in [5.74, 6) is -2.58. The number of hydrogen-bond donors (Lipinski definition) is 2. The fraction of sp³-hybridized carbons (Fsp3) is 0.364. The smallest absolute Gasteiger partial charge is 0.313 e. The maximum absolute atomic E-state index is 13.6. The zero-order chi connectivity index (χ0) is 22.2. The van der Waals surface area contributed by atoms with Crippen molar-refractivity contribution in [3.63, 3.8) is 0 Å². The number of carbonyl (C=O) groups excluding carboxylic acids is 2. The maximum atomic E-state index is 13.6. The molecule has 0 aliphatic carbocycles. The molecular weight excluding hydrogens is 406 g/mol. The van der Waals surface area contributed by atoms with Gasteiger partial charge in [-0.1, -0.05) is 12.1 Å². The summed E-state index contributed by atoms with van der Waals surface area (Å²) in [5.41, 5.74) is 0.714. The lowest BCUT2D eigenvalue weighted by Gasteiger charge is -2.36. The van der Waals surface area contributed by atoms with Gasteiger partial charge in [0, 0.05) is 38.8 Å². The number of nitrogens with zero attached hydrogens (tertiary/aromatic N) is 2. The van der Waals surface area contributed by atoms with Crippen molar-refractivity contribution in [2.24, 2.45) is 0 Å². The van der Waals surface area contributed by atoms with Gasteiger partial charge in [0.1, 0.15) is 17.4 Å². The van der Waals surface area contributed by atoms with Gasteiger partial charge in [-0.3, -0.25) is 14.5 Å². The third-order valence-corrected chi connectivity index (χ3v) is 5.12. The molecule has 0 saturated carbocycles. The summed E-state index contributed by atoms with van der Waals surface area (Å²) in [5, 5.41) is 4.58. The van der Waals surface area contributed by atoms with E-state index in [9.17, 15) is 18.4 Å². The molecule has 9 heteroatoms. The van der Waals surface area contributed by atoms with Gasteiger partial charge in [-0.25, -0.2) is 8.78 Å². The van der Waals surface area contributed by atoms with E-state index in [-0.39, 0.29) is 5.69 Å². The summed E-state index contributed by atoms with van der Waals surface area (Å²) >= 11 is 0. The van der Waals surface area contributed by atoms with E-state index in [1.54, 1.807) is 7.11 Å². The van der Waals surface area contributed by atoms with Gasteiger partial charge >= 0.3 is 11.8 Å². The molecule has 2 amide bonds. The first-order chi connectivity index (χ1) is 15.0. The van der Waals surface area contributed by atoms with E-state index < -0.39 is 23.4 Å². The molecule has 2 aromatic rings. The SMILES string of the molecule is COc1ccccc1N1CCN(CCCNC(=O)C(=O)Nc2cc(F)ccc2F)CC1. The lowest BCUT2D eigenvalue weighted by Crippen LogP contribution is -2.47. The van der Waals surface area contributed by atoms with Gasteiger partial charge in [0.25, 0.3) is 0 Å². The number of rotatable bonds is 7. The van der Waals surface area contributed by atoms with Crippen LogP contribution in [0.15, 0.2) is 42.5 Å². The Balaban J connectivity index is 1.36. The molecular formula is C22H26F2N4O3. The molecule has 1 aliphatic rings. The number of piperazine rings is 1. The normalized spacial score (nSPS) is 14.2. The highest BCUT2D eigenvalue weighted by molar-refractivity contribution is 6.39. The second-order valence-electron chi connectivity index (χ2n) is 7.19. The van der Waals surface area contributed by atoms with Crippen molar-refractivity contribution in [3.8, 4) is 5.75 Å². The fourth-order valence-corrected chi connectivity index (χ4v) is 3.46. The second-order valence-corrected chi connectivity index (χ2v) is 7.19. The van der Waals surface area contributed by atoms with Crippen molar-refractivity contribution in [1.82, 2.24) is 10.2 Å². The van der Waals surface area contributed by atoms with E-state index >= 15 is 0 Å². The molecule has 166 valence electrons. The number of carbonyl (C=O) groups is 2. The molecule has 3 rings (SSSR count). The van der Waals surface area contributed by atoms with Crippen LogP contribution >= 0.6 is 0 Å². The number of benzene rings is 2. The van der Waals surface area contributed by atoms with Crippen LogP contribution in [-0.2, 0) is 9.59 Å². The first kappa shape index (κ1) is 22.5. The van der Waals surface area contributed by atoms with E-state index in [0.717, 1.165) is 62.4 Å². The monoisotopic (exact) mass is 432 g/mol. The van der Waals surface area contributed by atoms with E-state index in [1.165, 1.54) is 0 Å². The van der Waals surface area contributed by atoms with Crippen molar-refractivity contribution in [3.05, 3.63) is 54.1 Å². The van der Waals surface area contributed by atoms with E-state index in [1.807, 2.05) is 24.3 Å². The van der Waals surface area contributed by atoms with Crippen LogP contribution in [-0.4, -0.2) is 63.1 Å². The molecule has 0 radical (unpaired) electrons. The van der Waals surface area contributed by atoms with Crippen LogP contribution in [0.4, 0.5) is 20.2 Å². The molecule has 2 N–H and O–H groups in total. The minimum absolute atomic E-state index is 0.310. The van der Waals surface area contributed by atoms with Gasteiger partial charge in [0.05, 0.1) is 18.5 Å². The maximum Gasteiger partial charge on any atom is 0.313 e. The van der Waals surface area contributed by atoms with Crippen LogP contribution in [0.25, 0.3) is 0 Å². The van der Waals surface area contributed by atoms with Gasteiger partial charge < -0.3 is 20.3 Å². The van der Waals surface area contributed by atoms with Crippen molar-refractivity contribution < 1.29 is 23.1 Å². The molecule has 1 fully saturated rings. The molecule has 0 bridgehead atoms. The van der Waals surface area contributed by atoms with Crippen molar-refractivity contribution in [2.75, 3.05) is 56.6 Å². The van der Waals surface area contributed by atoms with Crippen molar-refractivity contribution in [2.45, 2.75) is 6.42 Å². The topological polar surface area (TPSA) is 73.9 Å². The Bertz CT molecular complexity index is 917. The standard InChI is InChI=1S/C22H26F2N4O3/c1-31-20-6-3-2-5-19(20)28-13-11-27(12-14-28)10-4-9-25-21(29)22(30)26-18-15-16(23)7-8-17(18)24/h2-3,5-8,15H,4,9-14H2,1H3,(H,25,29)(H,26,30). The zero-order valence-electron chi connectivity index (χ0n) is 17.4. The zero-order valence-corrected chi connectivity index (χ0v) is 17.4. The Morgan fingerprint density at radius 1 is 1.03 bits per heavy atom. The van der Waals surface area contributed by atoms with Gasteiger partial charge in [-0.15, -0.1) is 0 Å². The number of nitrogens with one attached hydrogen (secondary N) is 2. The van der Waals surface area contributed by atoms with Gasteiger partial charge in [0.2, 0.25) is 0 Å². The van der Waals surface area contributed by atoms with Gasteiger partial charge in [0.15, 0.2) is 0 Å². The first-order valence-electron chi connectivity index (χ1n) is 10.1. The largest absolute Gasteiger partial charge is 0.495 e. The molecule has 0 atom stereocenters. The molecule has 2 aromatic carbocycles. The minimum Gasteiger partial charge on any atom is -0.495 e. The Labute approximate surface area is 180 Å². The summed E-state index contributed by atoms with van der Waals surface area (Å²) < 4.78 is 32.1. The number of para-hydroxylation sites is 2. The third kappa shape index (κ3) is 6.14. The highest BCUT2D eigenvalue weighted by atomic mass is 19.1. The number of hydrogen-bond acceptors (Lipinski definition) is 5. The van der Waals surface area contributed by atoms with E-state index in [2.05, 4.69) is 20.4 Å². The Kier molecular flexibility index (Phi) is 7.77. The summed E-state index contributed by atoms with van der Waals surface area (Å²) in [7, 11) is 1.66. The highest BCUT2D eigenvalue weighted by Gasteiger charge is 2.20. The van der Waals surface area contributed by atoms with Crippen LogP contribution in [0.5, 0.6) is 5.75 Å². The number of methoxy groups -OCH3 is 1. The fourth-order valence-electron chi connectivity index (χ4n) is 3.46. The Hall–Kier alpha value is -3.20. The van der Waals surface area contributed by atoms with Crippen LogP contribution in [0, 0.1) is 11.6 Å². The second kappa shape index (κ2) is 10.7. The number of amides is 2. The lowest BCUT2D eigenvalue weighted by atomic mass is 10.2. The van der Waals surface area contributed by atoms with Crippen molar-refractivity contribution >= 4 is 23.2 Å². The molecule has 0 unspecified atom stereocenters. The summed E-state index contributed by atoms with van der Waals surface area (Å²) in [6.07, 6.45) is 0.669. The quantitative estimate of drug-likeness (QED) is 0.519. The number of halogens is 2. The average Bonchev–Trinajstić information content (AvgIpc) is 2.79. The summed E-state index contributed by atoms with van der Waals surface area (Å²) in [4.78, 5) is 28.3. The van der Waals surface area contributed by atoms with E-state index in [0.29, 0.717) is 13.0 Å². The highest BCUT2D eigenvalue weighted by Crippen LogP contribution is 2.28. The number of ether oxygens (including phenoxy) is 1. The lowest BCUT2D eigenvalue weighted by molar-refractivity contribution is -0.136. The summed E-state index contributed by atoms with van der Waals surface area (Å²) in [6.45, 7) is 4.59. The predicted octanol–water partition coefficient (Wildman–Crippen LogP) is 2.24. The van der Waals surface area contributed by atoms with Gasteiger partial charge in [-0.05, 0) is 37.2 Å². The molecule has 0 aromatic heterocycles. The summed E-state index contributed by atoms with van der Waals surface area (Å²) in [6, 6.07) is 10.6. The number of anilines is 2. The van der Waals surface area contributed by atoms with Crippen molar-refractivity contribution in [1.29, 1.82) is 0 Å². The average molecular weight is 432 g/mol. The molecule has 1 saturated heterocycles. The van der Waals surface area contributed by atoms with Gasteiger partial charge in [-0.2, -0.15) is 0 Å². The van der Waals surface area contributed by atoms with E-state index in [4.69, 9.17) is 4.74 Å². The molecule has 1 heterocycles. The molecule has 0 spiro atoms. The molecule has 1 aliphatic heterocycles. The first-order valence-corrected chi connectivity index (χ1v) is 10.1. The molecule has 31 heavy (non-hydrogen) atoms. The van der Waals surface area contributed by atoms with Crippen LogP contribution in [0.3, 0.4) is 0 Å². The molecule has 7 nitrogen and oxygen atoms in total. The Morgan fingerprint density at radius 2 is 1.77 bits per heavy atom. The minimum atomic E-state index is -1.03. The predicted molar refractivity (Wildman–Crippen MR) is 114 cm³/mol. The Morgan fingerprint density at radius 3 is 2.52 bits per heavy atom. The van der Waals surface area contributed by atoms with Crippen LogP contribution < -0.4 is 20.3 Å². The third-order valence-electron chi connectivity index (χ3n) is 5.12.